The highest BCUT2D eigenvalue weighted by Gasteiger charge is 2.31. The third-order valence-electron chi connectivity index (χ3n) is 7.03. The van der Waals surface area contributed by atoms with E-state index >= 15 is 0 Å². The van der Waals surface area contributed by atoms with Crippen LogP contribution in [-0.4, -0.2) is 43.6 Å². The highest BCUT2D eigenvalue weighted by Crippen LogP contribution is 2.31. The summed E-state index contributed by atoms with van der Waals surface area (Å²) >= 11 is 1.54. The molecule has 0 saturated carbocycles. The standard InChI is InChI=1S/C30H35N5O3S/c1-21-26(27(36)35(32(21)5)24-14-10-7-11-15-24)34-25(20-39-28(34)31-23-12-8-6-9-13-23)22-16-18-33(19-17-22)29(37)38-30(2,3)4/h6-15,20,22H,16-19H2,1-5H3. The summed E-state index contributed by atoms with van der Waals surface area (Å²) in [5, 5.41) is 2.12. The Morgan fingerprint density at radius 3 is 2.23 bits per heavy atom. The summed E-state index contributed by atoms with van der Waals surface area (Å²) in [5.41, 5.74) is 3.51. The second kappa shape index (κ2) is 10.7. The zero-order valence-electron chi connectivity index (χ0n) is 23.1. The number of benzene rings is 2. The number of piperidine rings is 1. The first-order valence-corrected chi connectivity index (χ1v) is 14.1. The Balaban J connectivity index is 1.59. The molecule has 0 spiro atoms. The largest absolute Gasteiger partial charge is 0.444 e. The molecule has 0 N–H and O–H groups in total. The van der Waals surface area contributed by atoms with Crippen molar-refractivity contribution in [3.63, 3.8) is 0 Å². The van der Waals surface area contributed by atoms with E-state index in [0.29, 0.717) is 18.8 Å². The molecule has 3 heterocycles. The summed E-state index contributed by atoms with van der Waals surface area (Å²) in [6.45, 7) is 8.82. The van der Waals surface area contributed by atoms with E-state index in [4.69, 9.17) is 9.73 Å². The van der Waals surface area contributed by atoms with E-state index in [1.165, 1.54) is 11.3 Å². The molecule has 8 nitrogen and oxygen atoms in total. The van der Waals surface area contributed by atoms with Crippen LogP contribution < -0.4 is 10.4 Å². The smallest absolute Gasteiger partial charge is 0.410 e. The Morgan fingerprint density at radius 1 is 1.00 bits per heavy atom. The molecule has 5 rings (SSSR count). The summed E-state index contributed by atoms with van der Waals surface area (Å²) in [6, 6.07) is 19.5. The second-order valence-electron chi connectivity index (χ2n) is 10.9. The van der Waals surface area contributed by atoms with Crippen LogP contribution in [0.4, 0.5) is 10.5 Å². The maximum absolute atomic E-state index is 14.0. The molecule has 2 aromatic heterocycles. The van der Waals surface area contributed by atoms with Gasteiger partial charge in [-0.1, -0.05) is 36.4 Å². The molecule has 9 heteroatoms. The third-order valence-corrected chi connectivity index (χ3v) is 7.87. The van der Waals surface area contributed by atoms with Gasteiger partial charge in [0.25, 0.3) is 5.56 Å². The fourth-order valence-corrected chi connectivity index (χ4v) is 6.00. The van der Waals surface area contributed by atoms with Gasteiger partial charge in [-0.2, -0.15) is 0 Å². The molecule has 39 heavy (non-hydrogen) atoms. The molecule has 4 aromatic rings. The maximum atomic E-state index is 14.0. The zero-order chi connectivity index (χ0) is 27.7. The number of hydrogen-bond donors (Lipinski definition) is 0. The van der Waals surface area contributed by atoms with Gasteiger partial charge in [0.05, 0.1) is 17.1 Å². The van der Waals surface area contributed by atoms with Crippen molar-refractivity contribution in [3.8, 4) is 11.4 Å². The van der Waals surface area contributed by atoms with Crippen LogP contribution in [-0.2, 0) is 11.8 Å². The lowest BCUT2D eigenvalue weighted by Crippen LogP contribution is -2.41. The number of ether oxygens (including phenoxy) is 1. The number of likely N-dealkylation sites (tertiary alicyclic amines) is 1. The molecular formula is C30H35N5O3S. The first kappa shape index (κ1) is 26.7. The van der Waals surface area contributed by atoms with E-state index in [1.807, 2.05) is 105 Å². The second-order valence-corrected chi connectivity index (χ2v) is 11.7. The third kappa shape index (κ3) is 5.49. The van der Waals surface area contributed by atoms with Crippen LogP contribution >= 0.6 is 11.3 Å². The van der Waals surface area contributed by atoms with Gasteiger partial charge in [-0.3, -0.25) is 14.0 Å². The van der Waals surface area contributed by atoms with Gasteiger partial charge in [0.1, 0.15) is 11.3 Å². The Kier molecular flexibility index (Phi) is 7.36. The molecule has 204 valence electrons. The minimum atomic E-state index is -0.526. The molecule has 0 bridgehead atoms. The Hall–Kier alpha value is -3.85. The number of aromatic nitrogens is 3. The lowest BCUT2D eigenvalue weighted by Gasteiger charge is -2.33. The molecule has 1 amide bonds. The van der Waals surface area contributed by atoms with Gasteiger partial charge in [0.2, 0.25) is 0 Å². The van der Waals surface area contributed by atoms with Crippen molar-refractivity contribution in [2.24, 2.45) is 12.0 Å². The lowest BCUT2D eigenvalue weighted by atomic mass is 9.94. The van der Waals surface area contributed by atoms with Crippen molar-refractivity contribution >= 4 is 23.1 Å². The van der Waals surface area contributed by atoms with Gasteiger partial charge in [-0.25, -0.2) is 14.5 Å². The van der Waals surface area contributed by atoms with Crippen LogP contribution in [0.2, 0.25) is 0 Å². The fraction of sp³-hybridized carbons (Fsp3) is 0.367. The van der Waals surface area contributed by atoms with E-state index in [9.17, 15) is 9.59 Å². The van der Waals surface area contributed by atoms with Crippen molar-refractivity contribution in [2.45, 2.75) is 52.1 Å². The van der Waals surface area contributed by atoms with E-state index in [2.05, 4.69) is 5.38 Å². The van der Waals surface area contributed by atoms with E-state index < -0.39 is 5.60 Å². The first-order chi connectivity index (χ1) is 18.6. The van der Waals surface area contributed by atoms with E-state index in [-0.39, 0.29) is 17.6 Å². The lowest BCUT2D eigenvalue weighted by molar-refractivity contribution is 0.0203. The molecular weight excluding hydrogens is 510 g/mol. The number of rotatable bonds is 4. The predicted molar refractivity (Wildman–Crippen MR) is 154 cm³/mol. The molecule has 1 fully saturated rings. The number of thiazole rings is 1. The highest BCUT2D eigenvalue weighted by atomic mass is 32.1. The van der Waals surface area contributed by atoms with Gasteiger partial charge in [0, 0.05) is 37.1 Å². The molecule has 2 aromatic carbocycles. The van der Waals surface area contributed by atoms with Crippen molar-refractivity contribution in [3.05, 3.63) is 92.6 Å². The topological polar surface area (TPSA) is 73.8 Å². The Morgan fingerprint density at radius 2 is 1.62 bits per heavy atom. The monoisotopic (exact) mass is 545 g/mol. The number of carbonyl (C=O) groups is 1. The number of para-hydroxylation sites is 2. The summed E-state index contributed by atoms with van der Waals surface area (Å²) in [5.74, 6) is 0.170. The SMILES string of the molecule is Cc1c(-n2c(C3CCN(C(=O)OC(C)(C)C)CC3)csc2=Nc2ccccc2)c(=O)n(-c2ccccc2)n1C. The van der Waals surface area contributed by atoms with Crippen LogP contribution in [0.5, 0.6) is 0 Å². The minimum Gasteiger partial charge on any atom is -0.444 e. The maximum Gasteiger partial charge on any atom is 0.410 e. The van der Waals surface area contributed by atoms with Crippen molar-refractivity contribution in [1.29, 1.82) is 0 Å². The zero-order valence-corrected chi connectivity index (χ0v) is 23.9. The Bertz CT molecular complexity index is 1580. The van der Waals surface area contributed by atoms with Crippen LogP contribution in [0.25, 0.3) is 11.4 Å². The van der Waals surface area contributed by atoms with Gasteiger partial charge < -0.3 is 9.64 Å². The van der Waals surface area contributed by atoms with E-state index in [1.54, 1.807) is 9.58 Å². The first-order valence-electron chi connectivity index (χ1n) is 13.3. The van der Waals surface area contributed by atoms with Crippen LogP contribution in [0.3, 0.4) is 0 Å². The molecule has 0 atom stereocenters. The van der Waals surface area contributed by atoms with Crippen LogP contribution in [0.1, 0.15) is 50.9 Å². The molecule has 0 unspecified atom stereocenters. The number of hydrogen-bond acceptors (Lipinski definition) is 5. The summed E-state index contributed by atoms with van der Waals surface area (Å²) in [7, 11) is 1.91. The van der Waals surface area contributed by atoms with Crippen LogP contribution in [0, 0.1) is 6.92 Å². The molecule has 1 saturated heterocycles. The van der Waals surface area contributed by atoms with Gasteiger partial charge in [-0.15, -0.1) is 11.3 Å². The number of carbonyl (C=O) groups excluding carboxylic acids is 1. The molecule has 0 aliphatic carbocycles. The van der Waals surface area contributed by atoms with Gasteiger partial charge >= 0.3 is 6.09 Å². The van der Waals surface area contributed by atoms with Gasteiger partial charge in [0.15, 0.2) is 4.80 Å². The quantitative estimate of drug-likeness (QED) is 0.331. The average Bonchev–Trinajstić information content (AvgIpc) is 3.41. The van der Waals surface area contributed by atoms with Crippen molar-refractivity contribution in [2.75, 3.05) is 13.1 Å². The number of amides is 1. The summed E-state index contributed by atoms with van der Waals surface area (Å²) in [4.78, 5) is 34.2. The van der Waals surface area contributed by atoms with Crippen molar-refractivity contribution in [1.82, 2.24) is 18.8 Å². The highest BCUT2D eigenvalue weighted by molar-refractivity contribution is 7.07. The van der Waals surface area contributed by atoms with Crippen LogP contribution in [0.15, 0.2) is 75.8 Å². The molecule has 1 aliphatic heterocycles. The normalized spacial score (nSPS) is 15.1. The minimum absolute atomic E-state index is 0.0958. The van der Waals surface area contributed by atoms with E-state index in [0.717, 1.165) is 40.4 Å². The summed E-state index contributed by atoms with van der Waals surface area (Å²) < 4.78 is 11.2. The average molecular weight is 546 g/mol. The van der Waals surface area contributed by atoms with Gasteiger partial charge in [-0.05, 0) is 64.8 Å². The molecule has 1 aliphatic rings. The summed E-state index contributed by atoms with van der Waals surface area (Å²) in [6.07, 6.45) is 1.28. The predicted octanol–water partition coefficient (Wildman–Crippen LogP) is 5.68. The Labute approximate surface area is 232 Å². The molecule has 0 radical (unpaired) electrons. The van der Waals surface area contributed by atoms with Crippen molar-refractivity contribution < 1.29 is 9.53 Å². The fourth-order valence-electron chi connectivity index (χ4n) is 5.02. The number of nitrogens with zero attached hydrogens (tertiary/aromatic N) is 5.